The lowest BCUT2D eigenvalue weighted by Crippen LogP contribution is -2.24. The van der Waals surface area contributed by atoms with Crippen LogP contribution < -0.4 is 5.32 Å². The fourth-order valence-corrected chi connectivity index (χ4v) is 1.25. The highest BCUT2D eigenvalue weighted by Crippen LogP contribution is 2.04. The first kappa shape index (κ1) is 11.1. The average Bonchev–Trinajstić information content (AvgIpc) is 2.38. The molecule has 2 heterocycles. The molecule has 2 aromatic heterocycles. The maximum absolute atomic E-state index is 13.2. The van der Waals surface area contributed by atoms with Crippen LogP contribution in [0.2, 0.25) is 0 Å². The zero-order valence-electron chi connectivity index (χ0n) is 8.80. The summed E-state index contributed by atoms with van der Waals surface area (Å²) in [6.07, 6.45) is 5.32. The zero-order chi connectivity index (χ0) is 12.1. The topological polar surface area (TPSA) is 67.8 Å². The fraction of sp³-hybridized carbons (Fsp3) is 0.0909. The van der Waals surface area contributed by atoms with Crippen molar-refractivity contribution in [3.63, 3.8) is 0 Å². The van der Waals surface area contributed by atoms with Gasteiger partial charge >= 0.3 is 0 Å². The predicted molar refractivity (Wildman–Crippen MR) is 57.4 cm³/mol. The van der Waals surface area contributed by atoms with Crippen molar-refractivity contribution in [2.75, 3.05) is 0 Å². The lowest BCUT2D eigenvalue weighted by Gasteiger charge is -2.04. The van der Waals surface area contributed by atoms with Crippen LogP contribution in [0.15, 0.2) is 37.1 Å². The molecule has 2 rings (SSSR count). The number of carbonyl (C=O) groups excluding carboxylic acids is 1. The van der Waals surface area contributed by atoms with E-state index < -0.39 is 11.7 Å². The van der Waals surface area contributed by atoms with Crippen molar-refractivity contribution in [1.29, 1.82) is 0 Å². The molecule has 0 unspecified atom stereocenters. The van der Waals surface area contributed by atoms with E-state index in [1.54, 1.807) is 12.3 Å². The van der Waals surface area contributed by atoms with Crippen LogP contribution in [-0.4, -0.2) is 20.9 Å². The Morgan fingerprint density at radius 1 is 1.29 bits per heavy atom. The van der Waals surface area contributed by atoms with Crippen LogP contribution in [0.25, 0.3) is 0 Å². The second-order valence-electron chi connectivity index (χ2n) is 3.24. The number of aromatic nitrogens is 3. The van der Waals surface area contributed by atoms with Crippen molar-refractivity contribution in [3.05, 3.63) is 54.1 Å². The smallest absolute Gasteiger partial charge is 0.254 e. The summed E-state index contributed by atoms with van der Waals surface area (Å²) in [6.45, 7) is 0.225. The van der Waals surface area contributed by atoms with E-state index in [-0.39, 0.29) is 12.1 Å². The maximum atomic E-state index is 13.2. The first-order valence-electron chi connectivity index (χ1n) is 4.90. The van der Waals surface area contributed by atoms with Crippen molar-refractivity contribution >= 4 is 5.91 Å². The Labute approximate surface area is 96.8 Å². The van der Waals surface area contributed by atoms with Crippen LogP contribution in [0, 0.1) is 5.82 Å². The quantitative estimate of drug-likeness (QED) is 0.855. The van der Waals surface area contributed by atoms with Crippen LogP contribution in [0.4, 0.5) is 4.39 Å². The van der Waals surface area contributed by atoms with E-state index in [4.69, 9.17) is 0 Å². The van der Waals surface area contributed by atoms with E-state index in [9.17, 15) is 9.18 Å². The maximum Gasteiger partial charge on any atom is 0.254 e. The number of nitrogens with zero attached hydrogens (tertiary/aromatic N) is 3. The lowest BCUT2D eigenvalue weighted by atomic mass is 10.2. The third-order valence-electron chi connectivity index (χ3n) is 2.09. The van der Waals surface area contributed by atoms with Crippen molar-refractivity contribution in [2.45, 2.75) is 6.54 Å². The average molecular weight is 232 g/mol. The van der Waals surface area contributed by atoms with Gasteiger partial charge in [-0.3, -0.25) is 9.78 Å². The van der Waals surface area contributed by atoms with Crippen LogP contribution >= 0.6 is 0 Å². The second-order valence-corrected chi connectivity index (χ2v) is 3.24. The van der Waals surface area contributed by atoms with Crippen molar-refractivity contribution in [3.8, 4) is 0 Å². The molecule has 0 saturated heterocycles. The van der Waals surface area contributed by atoms with Gasteiger partial charge in [-0.05, 0) is 12.1 Å². The second kappa shape index (κ2) is 5.11. The molecule has 0 atom stereocenters. The number of amides is 1. The first-order chi connectivity index (χ1) is 8.27. The van der Waals surface area contributed by atoms with Gasteiger partial charge in [0.15, 0.2) is 5.82 Å². The molecule has 0 saturated carbocycles. The molecule has 2 aromatic rings. The Kier molecular flexibility index (Phi) is 3.34. The number of rotatable bonds is 3. The first-order valence-corrected chi connectivity index (χ1v) is 4.90. The lowest BCUT2D eigenvalue weighted by molar-refractivity contribution is 0.0946. The third kappa shape index (κ3) is 2.81. The monoisotopic (exact) mass is 232 g/mol. The van der Waals surface area contributed by atoms with Gasteiger partial charge in [0.2, 0.25) is 0 Å². The summed E-state index contributed by atoms with van der Waals surface area (Å²) < 4.78 is 13.2. The minimum absolute atomic E-state index is 0.0333. The fourth-order valence-electron chi connectivity index (χ4n) is 1.25. The van der Waals surface area contributed by atoms with Gasteiger partial charge in [0.05, 0.1) is 24.0 Å². The van der Waals surface area contributed by atoms with Crippen LogP contribution in [0.5, 0.6) is 0 Å². The molecule has 17 heavy (non-hydrogen) atoms. The minimum Gasteiger partial charge on any atom is -0.346 e. The molecule has 5 nitrogen and oxygen atoms in total. The summed E-state index contributed by atoms with van der Waals surface area (Å²) in [5.41, 5.74) is 0.622. The molecule has 0 aliphatic carbocycles. The highest BCUT2D eigenvalue weighted by atomic mass is 19.1. The summed E-state index contributed by atoms with van der Waals surface area (Å²) >= 11 is 0. The van der Waals surface area contributed by atoms with E-state index in [0.717, 1.165) is 6.20 Å². The number of halogens is 1. The van der Waals surface area contributed by atoms with Gasteiger partial charge in [-0.15, -0.1) is 0 Å². The molecule has 0 aliphatic heterocycles. The van der Waals surface area contributed by atoms with Gasteiger partial charge < -0.3 is 5.32 Å². The molecule has 0 radical (unpaired) electrons. The van der Waals surface area contributed by atoms with Gasteiger partial charge in [0.1, 0.15) is 6.33 Å². The van der Waals surface area contributed by atoms with Crippen molar-refractivity contribution in [2.24, 2.45) is 0 Å². The standard InChI is InChI=1S/C11H9FN4O/c12-10-6-13-4-2-9(10)11(17)15-5-8-1-3-14-7-16-8/h1-4,6-7H,5H2,(H,15,17). The Hall–Kier alpha value is -2.37. The molecule has 86 valence electrons. The molecule has 1 N–H and O–H groups in total. The highest BCUT2D eigenvalue weighted by molar-refractivity contribution is 5.94. The molecule has 0 spiro atoms. The number of hydrogen-bond donors (Lipinski definition) is 1. The van der Waals surface area contributed by atoms with Gasteiger partial charge in [-0.2, -0.15) is 0 Å². The number of pyridine rings is 1. The largest absolute Gasteiger partial charge is 0.346 e. The van der Waals surface area contributed by atoms with Crippen LogP contribution in [-0.2, 0) is 6.54 Å². The Balaban J connectivity index is 2.01. The van der Waals surface area contributed by atoms with Crippen molar-refractivity contribution < 1.29 is 9.18 Å². The van der Waals surface area contributed by atoms with Crippen molar-refractivity contribution in [1.82, 2.24) is 20.3 Å². The number of carbonyl (C=O) groups is 1. The van der Waals surface area contributed by atoms with E-state index in [2.05, 4.69) is 20.3 Å². The highest BCUT2D eigenvalue weighted by Gasteiger charge is 2.10. The molecule has 1 amide bonds. The van der Waals surface area contributed by atoms with E-state index >= 15 is 0 Å². The third-order valence-corrected chi connectivity index (χ3v) is 2.09. The van der Waals surface area contributed by atoms with Gasteiger partial charge in [-0.1, -0.05) is 0 Å². The SMILES string of the molecule is O=C(NCc1ccncn1)c1ccncc1F. The normalized spacial score (nSPS) is 9.94. The van der Waals surface area contributed by atoms with E-state index in [1.807, 2.05) is 0 Å². The number of hydrogen-bond acceptors (Lipinski definition) is 4. The van der Waals surface area contributed by atoms with Crippen LogP contribution in [0.3, 0.4) is 0 Å². The molecule has 0 aliphatic rings. The van der Waals surface area contributed by atoms with Gasteiger partial charge in [0, 0.05) is 12.4 Å². The summed E-state index contributed by atoms with van der Waals surface area (Å²) in [6, 6.07) is 2.99. The van der Waals surface area contributed by atoms with Gasteiger partial charge in [0.25, 0.3) is 5.91 Å². The van der Waals surface area contributed by atoms with Gasteiger partial charge in [-0.25, -0.2) is 14.4 Å². The Bertz CT molecular complexity index is 518. The molecule has 0 fully saturated rings. The van der Waals surface area contributed by atoms with Crippen LogP contribution in [0.1, 0.15) is 16.1 Å². The molecule has 0 bridgehead atoms. The summed E-state index contributed by atoms with van der Waals surface area (Å²) in [5, 5.41) is 2.56. The van der Waals surface area contributed by atoms with E-state index in [0.29, 0.717) is 5.69 Å². The summed E-state index contributed by atoms with van der Waals surface area (Å²) in [4.78, 5) is 22.9. The Morgan fingerprint density at radius 3 is 2.82 bits per heavy atom. The minimum atomic E-state index is -0.646. The zero-order valence-corrected chi connectivity index (χ0v) is 8.80. The summed E-state index contributed by atoms with van der Waals surface area (Å²) in [5.74, 6) is -1.14. The Morgan fingerprint density at radius 2 is 2.12 bits per heavy atom. The molecule has 6 heteroatoms. The molecular weight excluding hydrogens is 223 g/mol. The predicted octanol–water partition coefficient (Wildman–Crippen LogP) is 0.941. The summed E-state index contributed by atoms with van der Waals surface area (Å²) in [7, 11) is 0. The molecular formula is C11H9FN4O. The van der Waals surface area contributed by atoms with E-state index in [1.165, 1.54) is 18.6 Å². The number of nitrogens with one attached hydrogen (secondary N) is 1. The molecule has 0 aromatic carbocycles.